The van der Waals surface area contributed by atoms with Crippen LogP contribution in [0.2, 0.25) is 0 Å². The van der Waals surface area contributed by atoms with Gasteiger partial charge in [-0.05, 0) is 30.3 Å². The molecular weight excluding hydrogens is 185 g/mol. The Morgan fingerprint density at radius 3 is 2.77 bits per heavy atom. The van der Waals surface area contributed by atoms with Crippen LogP contribution in [0.4, 0.5) is 4.39 Å². The molecule has 0 bridgehead atoms. The summed E-state index contributed by atoms with van der Waals surface area (Å²) in [6.07, 6.45) is 0.999. The van der Waals surface area contributed by atoms with Crippen LogP contribution in [0.5, 0.6) is 0 Å². The summed E-state index contributed by atoms with van der Waals surface area (Å²) in [5, 5.41) is 0. The van der Waals surface area contributed by atoms with Crippen molar-refractivity contribution in [3.05, 3.63) is 35.6 Å². The Morgan fingerprint density at radius 1 is 1.31 bits per heavy atom. The van der Waals surface area contributed by atoms with E-state index in [1.165, 1.54) is 6.07 Å². The third-order valence-electron chi connectivity index (χ3n) is 1.71. The Labute approximate surface area is 82.5 Å². The zero-order valence-corrected chi connectivity index (χ0v) is 8.32. The maximum atomic E-state index is 13.1. The number of halogens is 1. The van der Waals surface area contributed by atoms with Gasteiger partial charge in [0.25, 0.3) is 0 Å². The molecule has 0 aliphatic carbocycles. The lowest BCUT2D eigenvalue weighted by Gasteiger charge is -2.01. The van der Waals surface area contributed by atoms with E-state index in [-0.39, 0.29) is 5.82 Å². The minimum Gasteiger partial charge on any atom is -0.330 e. The van der Waals surface area contributed by atoms with Gasteiger partial charge in [0.2, 0.25) is 0 Å². The third kappa shape index (κ3) is 3.79. The van der Waals surface area contributed by atoms with E-state index in [4.69, 9.17) is 5.73 Å². The Bertz CT molecular complexity index is 252. The van der Waals surface area contributed by atoms with Crippen molar-refractivity contribution in [3.63, 3.8) is 0 Å². The van der Waals surface area contributed by atoms with E-state index in [1.807, 2.05) is 12.1 Å². The van der Waals surface area contributed by atoms with Crippen LogP contribution in [0.25, 0.3) is 0 Å². The van der Waals surface area contributed by atoms with Crippen molar-refractivity contribution in [1.82, 2.24) is 0 Å². The van der Waals surface area contributed by atoms with Gasteiger partial charge in [-0.15, -0.1) is 0 Å². The first-order valence-corrected chi connectivity index (χ1v) is 5.51. The molecule has 0 amide bonds. The molecule has 1 aromatic carbocycles. The summed E-state index contributed by atoms with van der Waals surface area (Å²) in [6.45, 7) is 0.713. The van der Waals surface area contributed by atoms with Crippen LogP contribution in [0, 0.1) is 5.82 Å². The van der Waals surface area contributed by atoms with Crippen molar-refractivity contribution in [1.29, 1.82) is 0 Å². The lowest BCUT2D eigenvalue weighted by atomic mass is 10.2. The second kappa shape index (κ2) is 6.00. The number of hydrogen-bond acceptors (Lipinski definition) is 2. The van der Waals surface area contributed by atoms with Crippen molar-refractivity contribution in [2.45, 2.75) is 12.2 Å². The second-order valence-electron chi connectivity index (χ2n) is 2.79. The average Bonchev–Trinajstić information content (AvgIpc) is 2.15. The van der Waals surface area contributed by atoms with Gasteiger partial charge in [-0.2, -0.15) is 11.8 Å². The van der Waals surface area contributed by atoms with Crippen molar-refractivity contribution in [2.24, 2.45) is 5.73 Å². The van der Waals surface area contributed by atoms with Crippen LogP contribution in [0.3, 0.4) is 0 Å². The van der Waals surface area contributed by atoms with Gasteiger partial charge in [-0.1, -0.05) is 18.2 Å². The molecule has 0 spiro atoms. The molecule has 0 fully saturated rings. The highest BCUT2D eigenvalue weighted by Crippen LogP contribution is 2.15. The summed E-state index contributed by atoms with van der Waals surface area (Å²) < 4.78 is 13.1. The number of rotatable bonds is 5. The first-order valence-electron chi connectivity index (χ1n) is 4.36. The highest BCUT2D eigenvalue weighted by atomic mass is 32.2. The van der Waals surface area contributed by atoms with Gasteiger partial charge in [0.05, 0.1) is 0 Å². The number of hydrogen-bond donors (Lipinski definition) is 1. The fourth-order valence-corrected chi connectivity index (χ4v) is 1.95. The molecule has 1 nitrogen and oxygen atoms in total. The standard InChI is InChI=1S/C10H14FNS/c11-10-5-2-1-4-9(10)8-13-7-3-6-12/h1-2,4-5H,3,6-8,12H2. The summed E-state index contributed by atoms with van der Waals surface area (Å²) >= 11 is 1.73. The van der Waals surface area contributed by atoms with Crippen molar-refractivity contribution < 1.29 is 4.39 Å². The van der Waals surface area contributed by atoms with Crippen LogP contribution >= 0.6 is 11.8 Å². The molecule has 0 heterocycles. The fraction of sp³-hybridized carbons (Fsp3) is 0.400. The van der Waals surface area contributed by atoms with Gasteiger partial charge < -0.3 is 5.73 Å². The molecule has 13 heavy (non-hydrogen) atoms. The summed E-state index contributed by atoms with van der Waals surface area (Å²) in [4.78, 5) is 0. The van der Waals surface area contributed by atoms with Gasteiger partial charge in [-0.3, -0.25) is 0 Å². The first kappa shape index (κ1) is 10.5. The predicted molar refractivity (Wildman–Crippen MR) is 56.2 cm³/mol. The first-order chi connectivity index (χ1) is 6.34. The molecule has 0 saturated heterocycles. The Kier molecular flexibility index (Phi) is 4.86. The van der Waals surface area contributed by atoms with E-state index in [0.29, 0.717) is 6.54 Å². The van der Waals surface area contributed by atoms with E-state index in [1.54, 1.807) is 17.8 Å². The van der Waals surface area contributed by atoms with Gasteiger partial charge >= 0.3 is 0 Å². The molecule has 3 heteroatoms. The normalized spacial score (nSPS) is 10.3. The molecule has 2 N–H and O–H groups in total. The summed E-state index contributed by atoms with van der Waals surface area (Å²) in [6, 6.07) is 6.90. The van der Waals surface area contributed by atoms with E-state index in [2.05, 4.69) is 0 Å². The summed E-state index contributed by atoms with van der Waals surface area (Å²) in [7, 11) is 0. The van der Waals surface area contributed by atoms with Crippen molar-refractivity contribution >= 4 is 11.8 Å². The smallest absolute Gasteiger partial charge is 0.127 e. The minimum absolute atomic E-state index is 0.109. The zero-order valence-electron chi connectivity index (χ0n) is 7.50. The van der Waals surface area contributed by atoms with Crippen LogP contribution < -0.4 is 5.73 Å². The molecule has 0 radical (unpaired) electrons. The molecule has 0 saturated carbocycles. The SMILES string of the molecule is NCCCSCc1ccccc1F. The van der Waals surface area contributed by atoms with Crippen molar-refractivity contribution in [3.8, 4) is 0 Å². The summed E-state index contributed by atoms with van der Waals surface area (Å²) in [5.41, 5.74) is 6.13. The van der Waals surface area contributed by atoms with Gasteiger partial charge in [0, 0.05) is 5.75 Å². The van der Waals surface area contributed by atoms with Gasteiger partial charge in [0.1, 0.15) is 5.82 Å². The van der Waals surface area contributed by atoms with Crippen molar-refractivity contribution in [2.75, 3.05) is 12.3 Å². The van der Waals surface area contributed by atoms with E-state index < -0.39 is 0 Å². The molecule has 0 aliphatic heterocycles. The lowest BCUT2D eigenvalue weighted by molar-refractivity contribution is 0.617. The topological polar surface area (TPSA) is 26.0 Å². The van der Waals surface area contributed by atoms with E-state index in [9.17, 15) is 4.39 Å². The summed E-state index contributed by atoms with van der Waals surface area (Å²) in [5.74, 6) is 1.64. The van der Waals surface area contributed by atoms with Crippen LogP contribution in [0.1, 0.15) is 12.0 Å². The second-order valence-corrected chi connectivity index (χ2v) is 3.89. The molecule has 72 valence electrons. The molecule has 1 aromatic rings. The number of nitrogens with two attached hydrogens (primary N) is 1. The number of thioether (sulfide) groups is 1. The monoisotopic (exact) mass is 199 g/mol. The molecule has 0 atom stereocenters. The Balaban J connectivity index is 2.32. The average molecular weight is 199 g/mol. The quantitative estimate of drug-likeness (QED) is 0.737. The molecular formula is C10H14FNS. The molecule has 0 unspecified atom stereocenters. The fourth-order valence-electron chi connectivity index (χ4n) is 0.983. The molecule has 0 aliphatic rings. The van der Waals surface area contributed by atoms with Crippen LogP contribution in [-0.4, -0.2) is 12.3 Å². The van der Waals surface area contributed by atoms with Gasteiger partial charge in [0.15, 0.2) is 0 Å². The van der Waals surface area contributed by atoms with Gasteiger partial charge in [-0.25, -0.2) is 4.39 Å². The minimum atomic E-state index is -0.109. The predicted octanol–water partition coefficient (Wildman–Crippen LogP) is 2.41. The van der Waals surface area contributed by atoms with Crippen LogP contribution in [-0.2, 0) is 5.75 Å². The number of benzene rings is 1. The van der Waals surface area contributed by atoms with Crippen LogP contribution in [0.15, 0.2) is 24.3 Å². The maximum Gasteiger partial charge on any atom is 0.127 e. The highest BCUT2D eigenvalue weighted by Gasteiger charge is 1.99. The Morgan fingerprint density at radius 2 is 2.08 bits per heavy atom. The molecule has 0 aromatic heterocycles. The van der Waals surface area contributed by atoms with E-state index in [0.717, 1.165) is 23.5 Å². The maximum absolute atomic E-state index is 13.1. The Hall–Kier alpha value is -0.540. The largest absolute Gasteiger partial charge is 0.330 e. The zero-order chi connectivity index (χ0) is 9.52. The third-order valence-corrected chi connectivity index (χ3v) is 2.80. The lowest BCUT2D eigenvalue weighted by Crippen LogP contribution is -1.99. The molecule has 1 rings (SSSR count). The highest BCUT2D eigenvalue weighted by molar-refractivity contribution is 7.98. The van der Waals surface area contributed by atoms with E-state index >= 15 is 0 Å².